The average molecular weight is 537 g/mol. The van der Waals surface area contributed by atoms with E-state index in [0.29, 0.717) is 65.4 Å². The molecule has 0 aromatic heterocycles. The number of carboxylic acid groups (broad SMARTS) is 2. The Balaban J connectivity index is 0.00000432. The zero-order chi connectivity index (χ0) is 24.5. The van der Waals surface area contributed by atoms with Crippen molar-refractivity contribution in [2.45, 2.75) is 37.8 Å². The number of nitrogens with zero attached hydrogens (tertiary/aromatic N) is 4. The average Bonchev–Trinajstić information content (AvgIpc) is 2.83. The van der Waals surface area contributed by atoms with Crippen LogP contribution in [0, 0.1) is 0 Å². The molecule has 13 heteroatoms. The Morgan fingerprint density at radius 1 is 0.657 bits per heavy atom. The zero-order valence-electron chi connectivity index (χ0n) is 19.9. The van der Waals surface area contributed by atoms with E-state index in [0.717, 1.165) is 12.8 Å². The van der Waals surface area contributed by atoms with Crippen LogP contribution in [0.3, 0.4) is 0 Å². The van der Waals surface area contributed by atoms with E-state index in [1.54, 1.807) is 19.6 Å². The van der Waals surface area contributed by atoms with Crippen molar-refractivity contribution in [3.05, 3.63) is 0 Å². The molecule has 2 saturated heterocycles. The molecule has 1 saturated carbocycles. The molecule has 0 aromatic rings. The van der Waals surface area contributed by atoms with Gasteiger partial charge in [-0.05, 0) is 12.8 Å². The molecule has 2 aliphatic heterocycles. The van der Waals surface area contributed by atoms with Crippen LogP contribution in [-0.2, 0) is 45.7 Å². The maximum atomic E-state index is 12.9. The molecular weight excluding hydrogens is 503 g/mol. The van der Waals surface area contributed by atoms with Crippen LogP contribution in [-0.4, -0.2) is 134 Å². The number of ether oxygens (including phenoxy) is 2. The Labute approximate surface area is 215 Å². The van der Waals surface area contributed by atoms with Gasteiger partial charge in [0.1, 0.15) is 0 Å². The molecule has 1 aliphatic carbocycles. The van der Waals surface area contributed by atoms with Gasteiger partial charge in [-0.25, -0.2) is 0 Å². The van der Waals surface area contributed by atoms with Gasteiger partial charge in [0.15, 0.2) is 0 Å². The largest absolute Gasteiger partial charge is 2.00 e. The summed E-state index contributed by atoms with van der Waals surface area (Å²) in [6.07, 6.45) is 2.80. The fourth-order valence-electron chi connectivity index (χ4n) is 5.03. The van der Waals surface area contributed by atoms with E-state index in [2.05, 4.69) is 0 Å². The molecule has 3 rings (SSSR count). The molecule has 0 N–H and O–H groups in total. The summed E-state index contributed by atoms with van der Waals surface area (Å²) in [7, 11) is 0. The van der Waals surface area contributed by atoms with Crippen molar-refractivity contribution in [2.24, 2.45) is 0 Å². The van der Waals surface area contributed by atoms with Gasteiger partial charge in [0.2, 0.25) is 11.8 Å². The Hall–Kier alpha value is -1.76. The van der Waals surface area contributed by atoms with Crippen molar-refractivity contribution in [2.75, 3.05) is 78.8 Å². The minimum absolute atomic E-state index is 0. The molecule has 35 heavy (non-hydrogen) atoms. The molecule has 2 atom stereocenters. The van der Waals surface area contributed by atoms with E-state index in [4.69, 9.17) is 9.47 Å². The first-order valence-corrected chi connectivity index (χ1v) is 11.9. The molecule has 0 aromatic carbocycles. The maximum Gasteiger partial charge on any atom is 2.00 e. The number of hydrogen-bond acceptors (Lipinski definition) is 10. The quantitative estimate of drug-likeness (QED) is 0.254. The summed E-state index contributed by atoms with van der Waals surface area (Å²) in [5.41, 5.74) is 0. The smallest absolute Gasteiger partial charge is 0.549 e. The van der Waals surface area contributed by atoms with Crippen LogP contribution in [0.2, 0.25) is 0 Å². The van der Waals surface area contributed by atoms with E-state index in [1.807, 2.05) is 0 Å². The van der Waals surface area contributed by atoms with Gasteiger partial charge in [-0.15, -0.1) is 0 Å². The zero-order valence-corrected chi connectivity index (χ0v) is 21.1. The Morgan fingerprint density at radius 2 is 1.00 bits per heavy atom. The monoisotopic (exact) mass is 537 g/mol. The molecule has 1 radical (unpaired) electrons. The summed E-state index contributed by atoms with van der Waals surface area (Å²) in [5.74, 6) is -3.03. The number of carboxylic acids is 2. The Kier molecular flexibility index (Phi) is 12.4. The Bertz CT molecular complexity index is 670. The molecule has 0 bridgehead atoms. The third kappa shape index (κ3) is 9.00. The van der Waals surface area contributed by atoms with E-state index in [9.17, 15) is 29.4 Å². The first kappa shape index (κ1) is 29.5. The van der Waals surface area contributed by atoms with E-state index < -0.39 is 37.1 Å². The molecule has 3 fully saturated rings. The van der Waals surface area contributed by atoms with E-state index in [-0.39, 0.29) is 42.0 Å². The van der Waals surface area contributed by atoms with Crippen LogP contribution >= 0.6 is 0 Å². The standard InChI is InChI=1S/C22H36N4O8.Mn/c27-19(23-5-9-33-10-6-23)13-25(15-21(29)30)17-3-1-2-4-18(17)26(16-22(31)32)14-20(28)24-7-11-34-12-8-24;/h17-18H,1-16H2,(H,29,30)(H,31,32);/q;+2/p-2. The third-order valence-electron chi connectivity index (χ3n) is 6.70. The summed E-state index contributed by atoms with van der Waals surface area (Å²) < 4.78 is 10.6. The van der Waals surface area contributed by atoms with Gasteiger partial charge in [0.25, 0.3) is 0 Å². The fraction of sp³-hybridized carbons (Fsp3) is 0.818. The second-order valence-corrected chi connectivity index (χ2v) is 8.96. The van der Waals surface area contributed by atoms with E-state index in [1.165, 1.54) is 0 Å². The van der Waals surface area contributed by atoms with Crippen molar-refractivity contribution in [3.8, 4) is 0 Å². The number of amides is 2. The van der Waals surface area contributed by atoms with Crippen molar-refractivity contribution in [1.29, 1.82) is 0 Å². The van der Waals surface area contributed by atoms with Crippen molar-refractivity contribution >= 4 is 23.8 Å². The van der Waals surface area contributed by atoms with Gasteiger partial charge >= 0.3 is 17.1 Å². The van der Waals surface area contributed by atoms with Gasteiger partial charge in [-0.1, -0.05) is 12.8 Å². The van der Waals surface area contributed by atoms with Gasteiger partial charge < -0.3 is 39.1 Å². The second kappa shape index (κ2) is 14.7. The van der Waals surface area contributed by atoms with Crippen LogP contribution in [0.15, 0.2) is 0 Å². The summed E-state index contributed by atoms with van der Waals surface area (Å²) in [4.78, 5) is 55.3. The number of carbonyl (C=O) groups excluding carboxylic acids is 4. The number of morpholine rings is 2. The van der Waals surface area contributed by atoms with Gasteiger partial charge in [-0.2, -0.15) is 0 Å². The summed E-state index contributed by atoms with van der Waals surface area (Å²) in [6.45, 7) is 2.35. The third-order valence-corrected chi connectivity index (χ3v) is 6.70. The maximum absolute atomic E-state index is 12.9. The van der Waals surface area contributed by atoms with Crippen LogP contribution in [0.25, 0.3) is 0 Å². The fourth-order valence-corrected chi connectivity index (χ4v) is 5.03. The first-order chi connectivity index (χ1) is 16.3. The number of hydrogen-bond donors (Lipinski definition) is 0. The van der Waals surface area contributed by atoms with Crippen LogP contribution in [0.5, 0.6) is 0 Å². The van der Waals surface area contributed by atoms with Crippen molar-refractivity contribution < 1.29 is 55.9 Å². The first-order valence-electron chi connectivity index (χ1n) is 11.9. The van der Waals surface area contributed by atoms with Gasteiger partial charge in [0, 0.05) is 51.4 Å². The minimum Gasteiger partial charge on any atom is -0.549 e. The minimum atomic E-state index is -1.31. The molecule has 3 aliphatic rings. The summed E-state index contributed by atoms with van der Waals surface area (Å²) in [5, 5.41) is 23.1. The van der Waals surface area contributed by atoms with Gasteiger partial charge in [0.05, 0.1) is 51.5 Å². The van der Waals surface area contributed by atoms with Crippen LogP contribution < -0.4 is 10.2 Å². The second-order valence-electron chi connectivity index (χ2n) is 8.96. The molecule has 2 amide bonds. The van der Waals surface area contributed by atoms with Crippen molar-refractivity contribution in [1.82, 2.24) is 19.6 Å². The van der Waals surface area contributed by atoms with Gasteiger partial charge in [-0.3, -0.25) is 19.4 Å². The molecule has 2 unspecified atom stereocenters. The molecular formula is C22H34MnN4O8. The number of aliphatic carboxylic acids is 2. The number of rotatable bonds is 10. The molecule has 12 nitrogen and oxygen atoms in total. The predicted octanol–water partition coefficient (Wildman–Crippen LogP) is -3.88. The predicted molar refractivity (Wildman–Crippen MR) is 114 cm³/mol. The normalized spacial score (nSPS) is 23.1. The molecule has 0 spiro atoms. The van der Waals surface area contributed by atoms with Crippen LogP contribution in [0.1, 0.15) is 25.7 Å². The topological polar surface area (TPSA) is 146 Å². The number of carbonyl (C=O) groups is 4. The Morgan fingerprint density at radius 3 is 1.31 bits per heavy atom. The van der Waals surface area contributed by atoms with Crippen molar-refractivity contribution in [3.63, 3.8) is 0 Å². The summed E-state index contributed by atoms with van der Waals surface area (Å²) >= 11 is 0. The van der Waals surface area contributed by atoms with Crippen LogP contribution in [0.4, 0.5) is 0 Å². The summed E-state index contributed by atoms with van der Waals surface area (Å²) in [6, 6.07) is -0.818. The molecule has 197 valence electrons. The molecule has 2 heterocycles. The van der Waals surface area contributed by atoms with E-state index >= 15 is 0 Å². The SMILES string of the molecule is O=C([O-])CN(CC(=O)N1CCOCC1)C1CCCCC1N(CC(=O)[O-])CC(=O)N1CCOCC1.[Mn+2].